The minimum absolute atomic E-state index is 0.625. The van der Waals surface area contributed by atoms with Crippen LogP contribution in [0.2, 0.25) is 0 Å². The normalized spacial score (nSPS) is 11.2. The number of aryl methyl sites for hydroxylation is 1. The molecular formula is C13H15N5. The van der Waals surface area contributed by atoms with Gasteiger partial charge in [-0.3, -0.25) is 5.10 Å². The molecular weight excluding hydrogens is 226 g/mol. The zero-order valence-corrected chi connectivity index (χ0v) is 10.2. The molecule has 0 unspecified atom stereocenters. The lowest BCUT2D eigenvalue weighted by Gasteiger charge is -1.95. The summed E-state index contributed by atoms with van der Waals surface area (Å²) >= 11 is 0. The number of aromatic amines is 2. The van der Waals surface area contributed by atoms with Crippen LogP contribution in [0.15, 0.2) is 24.3 Å². The van der Waals surface area contributed by atoms with Crippen LogP contribution in [0.4, 0.5) is 0 Å². The third kappa shape index (κ3) is 1.89. The second-order valence-corrected chi connectivity index (χ2v) is 4.37. The van der Waals surface area contributed by atoms with Crippen molar-refractivity contribution < 1.29 is 0 Å². The number of aromatic nitrogens is 4. The van der Waals surface area contributed by atoms with E-state index in [9.17, 15) is 0 Å². The predicted octanol–water partition coefficient (Wildman–Crippen LogP) is 1.76. The number of nitrogens with two attached hydrogens (primary N) is 1. The molecule has 3 aromatic rings. The zero-order valence-electron chi connectivity index (χ0n) is 10.2. The number of hydrogen-bond acceptors (Lipinski definition) is 3. The van der Waals surface area contributed by atoms with Crippen LogP contribution in [0.25, 0.3) is 22.3 Å². The Labute approximate surface area is 104 Å². The largest absolute Gasteiger partial charge is 0.342 e. The summed E-state index contributed by atoms with van der Waals surface area (Å²) in [7, 11) is 0. The maximum absolute atomic E-state index is 5.52. The fraction of sp³-hybridized carbons (Fsp3) is 0.231. The molecule has 3 rings (SSSR count). The van der Waals surface area contributed by atoms with E-state index in [0.717, 1.165) is 40.2 Å². The average Bonchev–Trinajstić information content (AvgIpc) is 2.93. The summed E-state index contributed by atoms with van der Waals surface area (Å²) in [5, 5.41) is 7.31. The molecule has 2 aromatic heterocycles. The van der Waals surface area contributed by atoms with Gasteiger partial charge in [-0.15, -0.1) is 0 Å². The van der Waals surface area contributed by atoms with E-state index in [1.54, 1.807) is 0 Å². The van der Waals surface area contributed by atoms with Gasteiger partial charge in [-0.05, 0) is 31.7 Å². The van der Waals surface area contributed by atoms with Gasteiger partial charge in [-0.2, -0.15) is 5.10 Å². The van der Waals surface area contributed by atoms with Gasteiger partial charge >= 0.3 is 0 Å². The van der Waals surface area contributed by atoms with E-state index < -0.39 is 0 Å². The molecule has 92 valence electrons. The summed E-state index contributed by atoms with van der Waals surface area (Å²) in [6.45, 7) is 2.58. The predicted molar refractivity (Wildman–Crippen MR) is 71.2 cm³/mol. The second kappa shape index (κ2) is 4.27. The van der Waals surface area contributed by atoms with E-state index in [-0.39, 0.29) is 0 Å². The number of fused-ring (bicyclic) bond motifs is 1. The van der Waals surface area contributed by atoms with Crippen molar-refractivity contribution >= 4 is 11.0 Å². The Balaban J connectivity index is 2.01. The fourth-order valence-electron chi connectivity index (χ4n) is 2.09. The zero-order chi connectivity index (χ0) is 12.5. The molecule has 18 heavy (non-hydrogen) atoms. The molecule has 0 amide bonds. The Hall–Kier alpha value is -2.14. The lowest BCUT2D eigenvalue weighted by atomic mass is 10.1. The smallest absolute Gasteiger partial charge is 0.104 e. The van der Waals surface area contributed by atoms with Crippen molar-refractivity contribution in [2.45, 2.75) is 13.3 Å². The highest BCUT2D eigenvalue weighted by molar-refractivity contribution is 5.81. The molecule has 0 saturated heterocycles. The summed E-state index contributed by atoms with van der Waals surface area (Å²) in [5.74, 6) is 0.924. The number of hydrogen-bond donors (Lipinski definition) is 3. The van der Waals surface area contributed by atoms with Crippen molar-refractivity contribution in [3.63, 3.8) is 0 Å². The topological polar surface area (TPSA) is 83.4 Å². The van der Waals surface area contributed by atoms with Crippen molar-refractivity contribution in [1.29, 1.82) is 0 Å². The number of imidazole rings is 1. The van der Waals surface area contributed by atoms with E-state index in [2.05, 4.69) is 26.2 Å². The third-order valence-corrected chi connectivity index (χ3v) is 2.94. The summed E-state index contributed by atoms with van der Waals surface area (Å²) < 4.78 is 0. The summed E-state index contributed by atoms with van der Waals surface area (Å²) in [4.78, 5) is 7.61. The summed E-state index contributed by atoms with van der Waals surface area (Å²) in [6.07, 6.45) is 0.818. The van der Waals surface area contributed by atoms with Gasteiger partial charge in [0.2, 0.25) is 0 Å². The fourth-order valence-corrected chi connectivity index (χ4v) is 2.09. The van der Waals surface area contributed by atoms with Crippen molar-refractivity contribution in [3.05, 3.63) is 35.8 Å². The van der Waals surface area contributed by atoms with E-state index in [1.165, 1.54) is 0 Å². The monoisotopic (exact) mass is 241 g/mol. The Morgan fingerprint density at radius 2 is 2.17 bits per heavy atom. The van der Waals surface area contributed by atoms with Gasteiger partial charge in [0.1, 0.15) is 5.82 Å². The summed E-state index contributed by atoms with van der Waals surface area (Å²) in [5.41, 5.74) is 10.6. The SMILES string of the molecule is Cc1nc2ccc(-c3cc(CCN)[nH]n3)cc2[nH]1. The maximum atomic E-state index is 5.52. The molecule has 2 heterocycles. The van der Waals surface area contributed by atoms with Gasteiger partial charge in [-0.1, -0.05) is 6.07 Å². The molecule has 1 aromatic carbocycles. The van der Waals surface area contributed by atoms with Crippen LogP contribution < -0.4 is 5.73 Å². The van der Waals surface area contributed by atoms with E-state index in [0.29, 0.717) is 6.54 Å². The number of rotatable bonds is 3. The van der Waals surface area contributed by atoms with Gasteiger partial charge in [-0.25, -0.2) is 4.98 Å². The van der Waals surface area contributed by atoms with E-state index in [4.69, 9.17) is 5.73 Å². The highest BCUT2D eigenvalue weighted by Crippen LogP contribution is 2.22. The second-order valence-electron chi connectivity index (χ2n) is 4.37. The van der Waals surface area contributed by atoms with Gasteiger partial charge in [0.15, 0.2) is 0 Å². The van der Waals surface area contributed by atoms with Crippen LogP contribution in [0.3, 0.4) is 0 Å². The first kappa shape index (κ1) is 11.0. The number of nitrogens with zero attached hydrogens (tertiary/aromatic N) is 2. The third-order valence-electron chi connectivity index (χ3n) is 2.94. The van der Waals surface area contributed by atoms with Gasteiger partial charge in [0, 0.05) is 17.7 Å². The number of nitrogens with one attached hydrogen (secondary N) is 2. The minimum atomic E-state index is 0.625. The highest BCUT2D eigenvalue weighted by atomic mass is 15.1. The minimum Gasteiger partial charge on any atom is -0.342 e. The van der Waals surface area contributed by atoms with Crippen LogP contribution >= 0.6 is 0 Å². The van der Waals surface area contributed by atoms with Crippen molar-refractivity contribution in [3.8, 4) is 11.3 Å². The van der Waals surface area contributed by atoms with Crippen molar-refractivity contribution in [1.82, 2.24) is 20.2 Å². The molecule has 0 fully saturated rings. The standard InChI is InChI=1S/C13H15N5/c1-8-15-11-3-2-9(6-13(11)16-8)12-7-10(4-5-14)17-18-12/h2-3,6-7H,4-5,14H2,1H3,(H,15,16)(H,17,18). The van der Waals surface area contributed by atoms with Gasteiger partial charge in [0.05, 0.1) is 16.7 Å². The first-order chi connectivity index (χ1) is 8.76. The number of H-pyrrole nitrogens is 2. The molecule has 0 aliphatic carbocycles. The van der Waals surface area contributed by atoms with Crippen LogP contribution in [0.5, 0.6) is 0 Å². The summed E-state index contributed by atoms with van der Waals surface area (Å²) in [6, 6.07) is 8.14. The Kier molecular flexibility index (Phi) is 2.60. The van der Waals surface area contributed by atoms with Crippen LogP contribution in [0.1, 0.15) is 11.5 Å². The Morgan fingerprint density at radius 1 is 1.28 bits per heavy atom. The lowest BCUT2D eigenvalue weighted by Crippen LogP contribution is -2.02. The van der Waals surface area contributed by atoms with Crippen molar-refractivity contribution in [2.75, 3.05) is 6.54 Å². The first-order valence-corrected chi connectivity index (χ1v) is 5.97. The molecule has 0 spiro atoms. The molecule has 0 aliphatic rings. The Morgan fingerprint density at radius 3 is 3.00 bits per heavy atom. The van der Waals surface area contributed by atoms with Crippen LogP contribution in [0, 0.1) is 6.92 Å². The molecule has 5 heteroatoms. The van der Waals surface area contributed by atoms with Crippen molar-refractivity contribution in [2.24, 2.45) is 5.73 Å². The molecule has 0 aliphatic heterocycles. The van der Waals surface area contributed by atoms with Gasteiger partial charge in [0.25, 0.3) is 0 Å². The number of benzene rings is 1. The van der Waals surface area contributed by atoms with Crippen LogP contribution in [-0.4, -0.2) is 26.7 Å². The molecule has 0 radical (unpaired) electrons. The average molecular weight is 241 g/mol. The molecule has 0 saturated carbocycles. The van der Waals surface area contributed by atoms with Gasteiger partial charge < -0.3 is 10.7 Å². The molecule has 4 N–H and O–H groups in total. The maximum Gasteiger partial charge on any atom is 0.104 e. The van der Waals surface area contributed by atoms with Crippen LogP contribution in [-0.2, 0) is 6.42 Å². The molecule has 0 atom stereocenters. The first-order valence-electron chi connectivity index (χ1n) is 5.97. The van der Waals surface area contributed by atoms with E-state index in [1.807, 2.05) is 25.1 Å². The quantitative estimate of drug-likeness (QED) is 0.653. The lowest BCUT2D eigenvalue weighted by molar-refractivity contribution is 0.902. The molecule has 5 nitrogen and oxygen atoms in total. The Bertz CT molecular complexity index is 680. The van der Waals surface area contributed by atoms with E-state index >= 15 is 0 Å². The molecule has 0 bridgehead atoms. The highest BCUT2D eigenvalue weighted by Gasteiger charge is 2.06.